The van der Waals surface area contributed by atoms with E-state index in [1.807, 2.05) is 90.1 Å². The van der Waals surface area contributed by atoms with Crippen LogP contribution in [-0.4, -0.2) is 0 Å². The Kier molecular flexibility index (Phi) is 17.7. The highest BCUT2D eigenvalue weighted by molar-refractivity contribution is 5.29. The van der Waals surface area contributed by atoms with E-state index < -0.39 is 0 Å². The van der Waals surface area contributed by atoms with Crippen molar-refractivity contribution in [3.05, 3.63) is 66.5 Å². The summed E-state index contributed by atoms with van der Waals surface area (Å²) in [6, 6.07) is 9.80. The van der Waals surface area contributed by atoms with Crippen LogP contribution in [0.25, 0.3) is 0 Å². The third kappa shape index (κ3) is 10.2. The van der Waals surface area contributed by atoms with E-state index in [0.717, 1.165) is 17.9 Å². The third-order valence-corrected chi connectivity index (χ3v) is 1.93. The van der Waals surface area contributed by atoms with Crippen LogP contribution in [0.2, 0.25) is 0 Å². The maximum atomic E-state index is 5.66. The van der Waals surface area contributed by atoms with E-state index in [1.165, 1.54) is 0 Å². The van der Waals surface area contributed by atoms with Crippen LogP contribution in [0.1, 0.15) is 48.0 Å². The molecule has 1 aromatic rings. The van der Waals surface area contributed by atoms with Gasteiger partial charge in [-0.3, -0.25) is 0 Å². The zero-order valence-electron chi connectivity index (χ0n) is 13.9. The fraction of sp³-hybridized carbons (Fsp3) is 0.368. The van der Waals surface area contributed by atoms with E-state index in [0.29, 0.717) is 0 Å². The summed E-state index contributed by atoms with van der Waals surface area (Å²) in [7, 11) is 0. The summed E-state index contributed by atoms with van der Waals surface area (Å²) in [6.45, 7) is 12.0. The molecule has 1 aromatic carbocycles. The Bertz CT molecular complexity index is 372. The minimum atomic E-state index is 0.874. The minimum absolute atomic E-state index is 0.874. The Morgan fingerprint density at radius 2 is 1.40 bits per heavy atom. The first-order valence-corrected chi connectivity index (χ1v) is 7.71. The van der Waals surface area contributed by atoms with E-state index in [-0.39, 0.29) is 0 Å². The summed E-state index contributed by atoms with van der Waals surface area (Å²) < 4.78 is 5.66. The Balaban J connectivity index is 0. The highest BCUT2D eigenvalue weighted by atomic mass is 16.5. The van der Waals surface area contributed by atoms with E-state index in [4.69, 9.17) is 4.74 Å². The van der Waals surface area contributed by atoms with Gasteiger partial charge in [-0.2, -0.15) is 0 Å². The lowest BCUT2D eigenvalue weighted by Crippen LogP contribution is -1.90. The molecular weight excluding hydrogens is 244 g/mol. The molecule has 1 nitrogen and oxygen atoms in total. The molecule has 0 fully saturated rings. The molecule has 2 rings (SSSR count). The van der Waals surface area contributed by atoms with Gasteiger partial charge in [0.1, 0.15) is 11.5 Å². The van der Waals surface area contributed by atoms with Crippen molar-refractivity contribution in [3.63, 3.8) is 0 Å². The van der Waals surface area contributed by atoms with Crippen molar-refractivity contribution in [1.29, 1.82) is 0 Å². The molecule has 0 spiro atoms. The molecule has 1 aliphatic carbocycles. The van der Waals surface area contributed by atoms with Crippen molar-refractivity contribution in [3.8, 4) is 5.75 Å². The van der Waals surface area contributed by atoms with Gasteiger partial charge < -0.3 is 4.74 Å². The molecule has 0 unspecified atom stereocenters. The largest absolute Gasteiger partial charge is 0.457 e. The molecule has 0 N–H and O–H groups in total. The first kappa shape index (κ1) is 20.6. The van der Waals surface area contributed by atoms with Crippen molar-refractivity contribution < 1.29 is 4.74 Å². The van der Waals surface area contributed by atoms with E-state index in [9.17, 15) is 0 Å². The molecule has 0 bridgehead atoms. The standard InChI is InChI=1S/C13H12O.3C2H6/c1-2-5-9-12(8-4-1)14-13-10-6-3-7-11-13;3*1-2/h1,3-11H,2H2;3*1-2H3. The van der Waals surface area contributed by atoms with Gasteiger partial charge in [0.25, 0.3) is 0 Å². The van der Waals surface area contributed by atoms with Crippen LogP contribution in [-0.2, 0) is 0 Å². The van der Waals surface area contributed by atoms with Crippen molar-refractivity contribution in [1.82, 2.24) is 0 Å². The van der Waals surface area contributed by atoms with Crippen LogP contribution < -0.4 is 4.74 Å². The van der Waals surface area contributed by atoms with Crippen LogP contribution in [0.5, 0.6) is 5.75 Å². The fourth-order valence-corrected chi connectivity index (χ4v) is 1.25. The van der Waals surface area contributed by atoms with Gasteiger partial charge in [-0.25, -0.2) is 0 Å². The summed E-state index contributed by atoms with van der Waals surface area (Å²) in [6.07, 6.45) is 11.1. The summed E-state index contributed by atoms with van der Waals surface area (Å²) >= 11 is 0. The van der Waals surface area contributed by atoms with Gasteiger partial charge in [-0.05, 0) is 30.7 Å². The summed E-state index contributed by atoms with van der Waals surface area (Å²) in [5.74, 6) is 1.75. The van der Waals surface area contributed by atoms with Crippen molar-refractivity contribution >= 4 is 0 Å². The third-order valence-electron chi connectivity index (χ3n) is 1.93. The predicted molar refractivity (Wildman–Crippen MR) is 92.1 cm³/mol. The molecule has 1 aliphatic rings. The van der Waals surface area contributed by atoms with Gasteiger partial charge in [-0.15, -0.1) is 0 Å². The summed E-state index contributed by atoms with van der Waals surface area (Å²) in [5.41, 5.74) is 0. The number of allylic oxidation sites excluding steroid dienone is 5. The number of hydrogen-bond donors (Lipinski definition) is 0. The van der Waals surface area contributed by atoms with Crippen molar-refractivity contribution in [2.45, 2.75) is 48.0 Å². The topological polar surface area (TPSA) is 9.23 Å². The van der Waals surface area contributed by atoms with E-state index in [1.54, 1.807) is 0 Å². The van der Waals surface area contributed by atoms with Crippen molar-refractivity contribution in [2.75, 3.05) is 0 Å². The van der Waals surface area contributed by atoms with Crippen molar-refractivity contribution in [2.24, 2.45) is 0 Å². The second-order valence-corrected chi connectivity index (χ2v) is 3.05. The Labute approximate surface area is 125 Å². The lowest BCUT2D eigenvalue weighted by molar-refractivity contribution is 0.444. The molecule has 0 saturated carbocycles. The van der Waals surface area contributed by atoms with Gasteiger partial charge in [0, 0.05) is 0 Å². The Hall–Kier alpha value is -1.76. The Morgan fingerprint density at radius 3 is 2.00 bits per heavy atom. The van der Waals surface area contributed by atoms with Gasteiger partial charge >= 0.3 is 0 Å². The zero-order chi connectivity index (χ0) is 15.6. The number of benzene rings is 1. The lowest BCUT2D eigenvalue weighted by Gasteiger charge is -2.04. The molecule has 20 heavy (non-hydrogen) atoms. The summed E-state index contributed by atoms with van der Waals surface area (Å²) in [5, 5.41) is 0. The Morgan fingerprint density at radius 1 is 0.800 bits per heavy atom. The number of ether oxygens (including phenoxy) is 1. The predicted octanol–water partition coefficient (Wildman–Crippen LogP) is 6.54. The molecule has 1 heteroatoms. The SMILES string of the molecule is C1=CCC=CC(Oc2ccccc2)=C1.CC.CC.CC. The molecule has 0 amide bonds. The molecule has 0 aromatic heterocycles. The molecule has 0 radical (unpaired) electrons. The lowest BCUT2D eigenvalue weighted by atomic mass is 10.3. The van der Waals surface area contributed by atoms with Gasteiger partial charge in [-0.1, -0.05) is 78.0 Å². The van der Waals surface area contributed by atoms with Crippen LogP contribution in [0.3, 0.4) is 0 Å². The maximum absolute atomic E-state index is 5.66. The van der Waals surface area contributed by atoms with Crippen LogP contribution in [0.15, 0.2) is 66.5 Å². The molecule has 0 heterocycles. The van der Waals surface area contributed by atoms with Crippen LogP contribution in [0, 0.1) is 0 Å². The first-order valence-electron chi connectivity index (χ1n) is 7.71. The second-order valence-electron chi connectivity index (χ2n) is 3.05. The first-order chi connectivity index (χ1) is 9.95. The molecule has 0 atom stereocenters. The average molecular weight is 274 g/mol. The molecule has 112 valence electrons. The monoisotopic (exact) mass is 274 g/mol. The number of hydrogen-bond acceptors (Lipinski definition) is 1. The fourth-order valence-electron chi connectivity index (χ4n) is 1.25. The van der Waals surface area contributed by atoms with E-state index in [2.05, 4.69) is 12.2 Å². The highest BCUT2D eigenvalue weighted by Gasteiger charge is 1.95. The van der Waals surface area contributed by atoms with Gasteiger partial charge in [0.05, 0.1) is 0 Å². The normalized spacial score (nSPS) is 11.2. The zero-order valence-corrected chi connectivity index (χ0v) is 13.9. The van der Waals surface area contributed by atoms with Gasteiger partial charge in [0.15, 0.2) is 0 Å². The van der Waals surface area contributed by atoms with Gasteiger partial charge in [0.2, 0.25) is 0 Å². The van der Waals surface area contributed by atoms with Crippen LogP contribution in [0.4, 0.5) is 0 Å². The summed E-state index contributed by atoms with van der Waals surface area (Å²) in [4.78, 5) is 0. The maximum Gasteiger partial charge on any atom is 0.127 e. The quantitative estimate of drug-likeness (QED) is 0.594. The highest BCUT2D eigenvalue weighted by Crippen LogP contribution is 2.14. The number of para-hydroxylation sites is 1. The molecule has 0 aliphatic heterocycles. The average Bonchev–Trinajstić information content (AvgIpc) is 2.83. The van der Waals surface area contributed by atoms with Crippen LogP contribution >= 0.6 is 0 Å². The second kappa shape index (κ2) is 17.2. The molecule has 0 saturated heterocycles. The minimum Gasteiger partial charge on any atom is -0.457 e. The molecular formula is C19H30O. The smallest absolute Gasteiger partial charge is 0.127 e. The van der Waals surface area contributed by atoms with E-state index >= 15 is 0 Å². The number of rotatable bonds is 2.